The second-order valence-corrected chi connectivity index (χ2v) is 12.4. The first-order valence-corrected chi connectivity index (χ1v) is 15.9. The number of imidazole rings is 1. The van der Waals surface area contributed by atoms with Crippen molar-refractivity contribution in [2.75, 3.05) is 51.6 Å². The summed E-state index contributed by atoms with van der Waals surface area (Å²) in [5.41, 5.74) is 9.89. The number of amides is 1. The van der Waals surface area contributed by atoms with E-state index in [9.17, 15) is 4.79 Å². The number of piperazine rings is 1. The molecule has 0 saturated carbocycles. The lowest BCUT2D eigenvalue weighted by Crippen LogP contribution is -2.44. The average Bonchev–Trinajstić information content (AvgIpc) is 3.64. The number of hydrogen-bond donors (Lipinski definition) is 2. The summed E-state index contributed by atoms with van der Waals surface area (Å²) in [5.74, 6) is 0.620. The normalized spacial score (nSPS) is 15.0. The number of rotatable bonds is 11. The van der Waals surface area contributed by atoms with Gasteiger partial charge in [0.1, 0.15) is 33.9 Å². The van der Waals surface area contributed by atoms with E-state index in [0.717, 1.165) is 84.4 Å². The van der Waals surface area contributed by atoms with E-state index < -0.39 is 5.91 Å². The molecular formula is C32H35ClN8O2S. The maximum atomic E-state index is 12.3. The number of nitrogens with one attached hydrogen (secondary N) is 1. The molecule has 0 unspecified atom stereocenters. The molecule has 44 heavy (non-hydrogen) atoms. The molecule has 12 heteroatoms. The van der Waals surface area contributed by atoms with E-state index in [0.29, 0.717) is 15.6 Å². The molecule has 0 aliphatic carbocycles. The van der Waals surface area contributed by atoms with Crippen LogP contribution >= 0.6 is 22.9 Å². The van der Waals surface area contributed by atoms with Crippen molar-refractivity contribution < 1.29 is 9.53 Å². The van der Waals surface area contributed by atoms with Gasteiger partial charge in [-0.1, -0.05) is 35.9 Å². The first-order chi connectivity index (χ1) is 21.4. The summed E-state index contributed by atoms with van der Waals surface area (Å²) >= 11 is 7.62. The van der Waals surface area contributed by atoms with Crippen molar-refractivity contribution in [3.63, 3.8) is 0 Å². The topological polar surface area (TPSA) is 114 Å². The molecule has 1 aliphatic rings. The van der Waals surface area contributed by atoms with Crippen LogP contribution in [0.1, 0.15) is 34.7 Å². The smallest absolute Gasteiger partial charge is 0.262 e. The van der Waals surface area contributed by atoms with Crippen LogP contribution in [0.2, 0.25) is 5.02 Å². The van der Waals surface area contributed by atoms with Gasteiger partial charge >= 0.3 is 0 Å². The maximum Gasteiger partial charge on any atom is 0.262 e. The summed E-state index contributed by atoms with van der Waals surface area (Å²) in [5, 5.41) is 13.6. The Balaban J connectivity index is 1.13. The molecule has 0 radical (unpaired) electrons. The predicted molar refractivity (Wildman–Crippen MR) is 176 cm³/mol. The molecule has 6 rings (SSSR count). The Morgan fingerprint density at radius 1 is 1.09 bits per heavy atom. The number of hydrogen-bond acceptors (Lipinski definition) is 9. The maximum absolute atomic E-state index is 12.3. The van der Waals surface area contributed by atoms with Gasteiger partial charge in [0.25, 0.3) is 5.91 Å². The zero-order valence-corrected chi connectivity index (χ0v) is 26.3. The van der Waals surface area contributed by atoms with Crippen LogP contribution < -0.4 is 15.8 Å². The fourth-order valence-corrected chi connectivity index (χ4v) is 6.53. The largest absolute Gasteiger partial charge is 0.484 e. The van der Waals surface area contributed by atoms with E-state index >= 15 is 0 Å². The number of benzene rings is 2. The van der Waals surface area contributed by atoms with E-state index in [1.165, 1.54) is 11.3 Å². The van der Waals surface area contributed by atoms with Crippen LogP contribution in [0.5, 0.6) is 5.75 Å². The summed E-state index contributed by atoms with van der Waals surface area (Å²) in [6, 6.07) is 19.2. The zero-order valence-electron chi connectivity index (χ0n) is 24.7. The van der Waals surface area contributed by atoms with Crippen molar-refractivity contribution in [3.05, 3.63) is 82.5 Å². The Kier molecular flexibility index (Phi) is 9.08. The van der Waals surface area contributed by atoms with Gasteiger partial charge < -0.3 is 25.6 Å². The molecular weight excluding hydrogens is 596 g/mol. The predicted octanol–water partition coefficient (Wildman–Crippen LogP) is 5.49. The molecule has 1 aliphatic heterocycles. The van der Waals surface area contributed by atoms with Crippen LogP contribution in [-0.2, 0) is 0 Å². The van der Waals surface area contributed by atoms with Crippen LogP contribution in [0.25, 0.3) is 27.3 Å². The quantitative estimate of drug-likeness (QED) is 0.184. The van der Waals surface area contributed by atoms with E-state index in [1.54, 1.807) is 6.33 Å². The van der Waals surface area contributed by atoms with Gasteiger partial charge in [-0.2, -0.15) is 0 Å². The number of anilines is 1. The minimum Gasteiger partial charge on any atom is -0.484 e. The van der Waals surface area contributed by atoms with E-state index in [1.807, 2.05) is 72.2 Å². The number of thiophene rings is 1. The summed E-state index contributed by atoms with van der Waals surface area (Å²) < 4.78 is 8.10. The summed E-state index contributed by atoms with van der Waals surface area (Å²) in [7, 11) is 2.18. The first-order valence-electron chi connectivity index (χ1n) is 14.7. The molecule has 0 spiro atoms. The van der Waals surface area contributed by atoms with Gasteiger partial charge in [-0.3, -0.25) is 9.36 Å². The number of nitrogens with two attached hydrogens (primary N) is 1. The molecule has 1 atom stereocenters. The number of halogens is 1. The van der Waals surface area contributed by atoms with Gasteiger partial charge in [-0.25, -0.2) is 4.98 Å². The summed E-state index contributed by atoms with van der Waals surface area (Å²) in [4.78, 5) is 22.2. The Bertz CT molecular complexity index is 1750. The second-order valence-electron chi connectivity index (χ2n) is 11.0. The monoisotopic (exact) mass is 630 g/mol. The van der Waals surface area contributed by atoms with Crippen molar-refractivity contribution in [1.82, 2.24) is 29.5 Å². The molecule has 5 aromatic rings. The third kappa shape index (κ3) is 6.71. The number of nitrogens with zero attached hydrogens (tertiary/aromatic N) is 6. The van der Waals surface area contributed by atoms with Crippen molar-refractivity contribution in [2.45, 2.75) is 19.4 Å². The molecule has 0 bridgehead atoms. The lowest BCUT2D eigenvalue weighted by Gasteiger charge is -2.32. The van der Waals surface area contributed by atoms with E-state index in [2.05, 4.69) is 37.3 Å². The first kappa shape index (κ1) is 30.0. The van der Waals surface area contributed by atoms with Crippen molar-refractivity contribution >= 4 is 45.7 Å². The van der Waals surface area contributed by atoms with E-state index in [-0.39, 0.29) is 6.10 Å². The lowest BCUT2D eigenvalue weighted by atomic mass is 10.1. The Morgan fingerprint density at radius 3 is 2.66 bits per heavy atom. The van der Waals surface area contributed by atoms with Gasteiger partial charge in [0, 0.05) is 54.9 Å². The van der Waals surface area contributed by atoms with Crippen LogP contribution in [0.4, 0.5) is 5.82 Å². The van der Waals surface area contributed by atoms with Crippen molar-refractivity contribution in [3.8, 4) is 22.0 Å². The fraction of sp³-hybridized carbons (Fsp3) is 0.312. The van der Waals surface area contributed by atoms with Crippen molar-refractivity contribution in [2.24, 2.45) is 5.73 Å². The fourth-order valence-electron chi connectivity index (χ4n) is 5.32. The highest BCUT2D eigenvalue weighted by atomic mass is 35.5. The van der Waals surface area contributed by atoms with Gasteiger partial charge in [0.2, 0.25) is 0 Å². The van der Waals surface area contributed by atoms with Gasteiger partial charge in [0.15, 0.2) is 0 Å². The van der Waals surface area contributed by atoms with Crippen LogP contribution in [0, 0.1) is 0 Å². The molecule has 1 amide bonds. The second kappa shape index (κ2) is 13.3. The van der Waals surface area contributed by atoms with Crippen LogP contribution in [-0.4, -0.2) is 81.8 Å². The highest BCUT2D eigenvalue weighted by molar-refractivity contribution is 7.16. The van der Waals surface area contributed by atoms with Crippen LogP contribution in [0.15, 0.2) is 67.0 Å². The molecule has 3 aromatic heterocycles. The summed E-state index contributed by atoms with van der Waals surface area (Å²) in [6.07, 6.45) is 2.41. The number of fused-ring (bicyclic) bond motifs is 1. The van der Waals surface area contributed by atoms with Gasteiger partial charge in [0.05, 0.1) is 16.7 Å². The minimum atomic E-state index is -0.555. The highest BCUT2D eigenvalue weighted by Gasteiger charge is 2.21. The summed E-state index contributed by atoms with van der Waals surface area (Å²) in [6.45, 7) is 8.37. The SMILES string of the molecule is C[C@@H](Oc1cc(-n2cnc3cc(-c4ccc(NCCCN5CCN(C)CC5)nn4)ccc32)sc1C(N)=O)c1ccccc1Cl. The highest BCUT2D eigenvalue weighted by Crippen LogP contribution is 2.37. The number of ether oxygens (including phenoxy) is 1. The number of likely N-dealkylation sites (N-methyl/N-ethyl adjacent to an activating group) is 1. The standard InChI is InChI=1S/C32H35ClN8O2S/c1-21(23-6-3-4-7-24(23)33)43-28-19-30(44-31(28)32(34)42)41-20-36-26-18-22(8-10-27(26)41)25-9-11-29(38-37-25)35-12-5-13-40-16-14-39(2)15-17-40/h3-4,6-11,18-21H,5,12-17H2,1-2H3,(H2,34,42)(H,35,38)/t21-/m1/s1. The molecule has 2 aromatic carbocycles. The number of aromatic nitrogens is 4. The number of carbonyl (C=O) groups is 1. The Labute approximate surface area is 265 Å². The molecule has 3 N–H and O–H groups in total. The molecule has 10 nitrogen and oxygen atoms in total. The molecule has 228 valence electrons. The number of carbonyl (C=O) groups excluding carboxylic acids is 1. The van der Waals surface area contributed by atoms with Gasteiger partial charge in [-0.05, 0) is 57.3 Å². The van der Waals surface area contributed by atoms with Crippen molar-refractivity contribution in [1.29, 1.82) is 0 Å². The van der Waals surface area contributed by atoms with Crippen LogP contribution in [0.3, 0.4) is 0 Å². The number of primary amides is 1. The molecule has 1 saturated heterocycles. The molecule has 4 heterocycles. The van der Waals surface area contributed by atoms with E-state index in [4.69, 9.17) is 22.1 Å². The van der Waals surface area contributed by atoms with Gasteiger partial charge in [-0.15, -0.1) is 21.5 Å². The Morgan fingerprint density at radius 2 is 1.91 bits per heavy atom. The Hall–Kier alpha value is -4.03. The lowest BCUT2D eigenvalue weighted by molar-refractivity contribution is 0.0998. The average molecular weight is 631 g/mol. The zero-order chi connectivity index (χ0) is 30.6. The molecule has 1 fully saturated rings. The third-order valence-corrected chi connectivity index (χ3v) is 9.33. The minimum absolute atomic E-state index is 0.334. The third-order valence-electron chi connectivity index (χ3n) is 7.85.